The van der Waals surface area contributed by atoms with Crippen LogP contribution >= 0.6 is 15.9 Å². The van der Waals surface area contributed by atoms with Gasteiger partial charge in [0, 0.05) is 4.47 Å². The average molecular weight is 273 g/mol. The van der Waals surface area contributed by atoms with Crippen LogP contribution in [0.1, 0.15) is 32.6 Å². The lowest BCUT2D eigenvalue weighted by molar-refractivity contribution is 0.0913. The highest BCUT2D eigenvalue weighted by Crippen LogP contribution is 2.35. The van der Waals surface area contributed by atoms with Crippen molar-refractivity contribution < 1.29 is 9.13 Å². The molecule has 1 aliphatic rings. The Kier molecular flexibility index (Phi) is 3.01. The first-order valence-electron chi connectivity index (χ1n) is 5.23. The first-order chi connectivity index (χ1) is 7.09. The van der Waals surface area contributed by atoms with Gasteiger partial charge in [-0.25, -0.2) is 4.39 Å². The van der Waals surface area contributed by atoms with E-state index >= 15 is 0 Å². The minimum absolute atomic E-state index is 0.179. The van der Waals surface area contributed by atoms with Gasteiger partial charge in [0.15, 0.2) is 11.6 Å². The summed E-state index contributed by atoms with van der Waals surface area (Å²) in [6.07, 6.45) is 4.37. The van der Waals surface area contributed by atoms with Crippen molar-refractivity contribution in [3.05, 3.63) is 28.5 Å². The second-order valence-electron chi connectivity index (χ2n) is 4.33. The van der Waals surface area contributed by atoms with Crippen LogP contribution in [0.15, 0.2) is 22.7 Å². The van der Waals surface area contributed by atoms with E-state index < -0.39 is 0 Å². The third-order valence-corrected chi connectivity index (χ3v) is 3.40. The van der Waals surface area contributed by atoms with E-state index in [4.69, 9.17) is 4.74 Å². The summed E-state index contributed by atoms with van der Waals surface area (Å²) in [5.74, 6) is 0.0695. The number of hydrogen-bond acceptors (Lipinski definition) is 1. The quantitative estimate of drug-likeness (QED) is 0.780. The highest BCUT2D eigenvalue weighted by Gasteiger charge is 2.31. The first-order valence-corrected chi connectivity index (χ1v) is 6.02. The molecule has 2 rings (SSSR count). The summed E-state index contributed by atoms with van der Waals surface area (Å²) in [5.41, 5.74) is -0.179. The van der Waals surface area contributed by atoms with Crippen LogP contribution in [0.3, 0.4) is 0 Å². The highest BCUT2D eigenvalue weighted by molar-refractivity contribution is 9.10. The molecule has 0 atom stereocenters. The zero-order valence-corrected chi connectivity index (χ0v) is 10.3. The molecule has 1 saturated carbocycles. The second-order valence-corrected chi connectivity index (χ2v) is 5.25. The number of benzene rings is 1. The minimum Gasteiger partial charge on any atom is -0.484 e. The highest BCUT2D eigenvalue weighted by atomic mass is 79.9. The Bertz CT molecular complexity index is 359. The zero-order chi connectivity index (χ0) is 10.9. The van der Waals surface area contributed by atoms with Gasteiger partial charge in [-0.15, -0.1) is 0 Å². The zero-order valence-electron chi connectivity index (χ0n) is 8.72. The third kappa shape index (κ3) is 2.51. The van der Waals surface area contributed by atoms with Crippen LogP contribution in [0, 0.1) is 5.82 Å². The van der Waals surface area contributed by atoms with Gasteiger partial charge in [0.1, 0.15) is 5.60 Å². The predicted octanol–water partition coefficient (Wildman–Crippen LogP) is 4.30. The molecule has 1 nitrogen and oxygen atoms in total. The van der Waals surface area contributed by atoms with Crippen LogP contribution in [0.25, 0.3) is 0 Å². The smallest absolute Gasteiger partial charge is 0.165 e. The summed E-state index contributed by atoms with van der Waals surface area (Å²) < 4.78 is 20.1. The van der Waals surface area contributed by atoms with Gasteiger partial charge in [-0.3, -0.25) is 0 Å². The van der Waals surface area contributed by atoms with Crippen molar-refractivity contribution in [2.75, 3.05) is 0 Å². The van der Waals surface area contributed by atoms with Crippen molar-refractivity contribution in [3.8, 4) is 5.75 Å². The van der Waals surface area contributed by atoms with Crippen molar-refractivity contribution in [1.29, 1.82) is 0 Å². The molecule has 0 spiro atoms. The fraction of sp³-hybridized carbons (Fsp3) is 0.500. The van der Waals surface area contributed by atoms with Crippen LogP contribution in [-0.4, -0.2) is 5.60 Å². The van der Waals surface area contributed by atoms with Crippen LogP contribution in [0.5, 0.6) is 5.75 Å². The summed E-state index contributed by atoms with van der Waals surface area (Å²) in [7, 11) is 0. The Labute approximate surface area is 97.8 Å². The van der Waals surface area contributed by atoms with Crippen LogP contribution in [0.4, 0.5) is 4.39 Å². The van der Waals surface area contributed by atoms with Crippen molar-refractivity contribution in [2.24, 2.45) is 0 Å². The lowest BCUT2D eigenvalue weighted by Gasteiger charge is -2.25. The van der Waals surface area contributed by atoms with E-state index in [-0.39, 0.29) is 11.4 Å². The van der Waals surface area contributed by atoms with Gasteiger partial charge < -0.3 is 4.74 Å². The van der Waals surface area contributed by atoms with Crippen LogP contribution in [0.2, 0.25) is 0 Å². The standard InChI is InChI=1S/C12H14BrFO/c1-12(6-2-3-7-12)15-11-8-9(13)4-5-10(11)14/h4-5,8H,2-3,6-7H2,1H3. The minimum atomic E-state index is -0.286. The molecule has 0 heterocycles. The maximum atomic E-state index is 13.4. The Balaban J connectivity index is 2.19. The van der Waals surface area contributed by atoms with Gasteiger partial charge >= 0.3 is 0 Å². The van der Waals surface area contributed by atoms with E-state index in [1.165, 1.54) is 18.9 Å². The van der Waals surface area contributed by atoms with E-state index in [2.05, 4.69) is 22.9 Å². The molecular weight excluding hydrogens is 259 g/mol. The molecular formula is C12H14BrFO. The second kappa shape index (κ2) is 4.12. The largest absolute Gasteiger partial charge is 0.484 e. The molecule has 1 aromatic carbocycles. The van der Waals surface area contributed by atoms with E-state index in [1.807, 2.05) is 0 Å². The summed E-state index contributed by atoms with van der Waals surface area (Å²) >= 11 is 3.32. The molecule has 82 valence electrons. The van der Waals surface area contributed by atoms with E-state index in [0.717, 1.165) is 17.3 Å². The van der Waals surface area contributed by atoms with Crippen molar-refractivity contribution in [2.45, 2.75) is 38.2 Å². The monoisotopic (exact) mass is 272 g/mol. The molecule has 0 radical (unpaired) electrons. The summed E-state index contributed by atoms with van der Waals surface area (Å²) in [6, 6.07) is 4.80. The maximum Gasteiger partial charge on any atom is 0.165 e. The normalized spacial score (nSPS) is 19.1. The summed E-state index contributed by atoms with van der Waals surface area (Å²) in [5, 5.41) is 0. The topological polar surface area (TPSA) is 9.23 Å². The average Bonchev–Trinajstić information content (AvgIpc) is 2.59. The van der Waals surface area contributed by atoms with E-state index in [0.29, 0.717) is 5.75 Å². The Morgan fingerprint density at radius 1 is 1.33 bits per heavy atom. The summed E-state index contributed by atoms with van der Waals surface area (Å²) in [4.78, 5) is 0. The predicted molar refractivity (Wildman–Crippen MR) is 61.6 cm³/mol. The molecule has 0 saturated heterocycles. The third-order valence-electron chi connectivity index (χ3n) is 2.91. The summed E-state index contributed by atoms with van der Waals surface area (Å²) in [6.45, 7) is 2.06. The Hall–Kier alpha value is -0.570. The SMILES string of the molecule is CC1(Oc2cc(Br)ccc2F)CCCC1. The molecule has 0 amide bonds. The maximum absolute atomic E-state index is 13.4. The lowest BCUT2D eigenvalue weighted by Crippen LogP contribution is -2.28. The van der Waals surface area contributed by atoms with Gasteiger partial charge in [-0.05, 0) is 50.8 Å². The van der Waals surface area contributed by atoms with Crippen molar-refractivity contribution >= 4 is 15.9 Å². The van der Waals surface area contributed by atoms with Crippen molar-refractivity contribution in [3.63, 3.8) is 0 Å². The van der Waals surface area contributed by atoms with Crippen molar-refractivity contribution in [1.82, 2.24) is 0 Å². The molecule has 1 aromatic rings. The molecule has 1 aliphatic carbocycles. The fourth-order valence-corrected chi connectivity index (χ4v) is 2.39. The van der Waals surface area contributed by atoms with Gasteiger partial charge in [-0.1, -0.05) is 15.9 Å². The van der Waals surface area contributed by atoms with Crippen LogP contribution < -0.4 is 4.74 Å². The van der Waals surface area contributed by atoms with Gasteiger partial charge in [-0.2, -0.15) is 0 Å². The number of hydrogen-bond donors (Lipinski definition) is 0. The Morgan fingerprint density at radius 3 is 2.67 bits per heavy atom. The molecule has 0 aliphatic heterocycles. The van der Waals surface area contributed by atoms with Gasteiger partial charge in [0.05, 0.1) is 0 Å². The van der Waals surface area contributed by atoms with E-state index in [1.54, 1.807) is 12.1 Å². The molecule has 15 heavy (non-hydrogen) atoms. The number of halogens is 2. The van der Waals surface area contributed by atoms with Gasteiger partial charge in [0.2, 0.25) is 0 Å². The molecule has 0 aromatic heterocycles. The Morgan fingerprint density at radius 2 is 2.00 bits per heavy atom. The molecule has 0 unspecified atom stereocenters. The molecule has 0 N–H and O–H groups in total. The van der Waals surface area contributed by atoms with Gasteiger partial charge in [0.25, 0.3) is 0 Å². The molecule has 3 heteroatoms. The molecule has 1 fully saturated rings. The molecule has 0 bridgehead atoms. The lowest BCUT2D eigenvalue weighted by atomic mass is 10.1. The first kappa shape index (κ1) is 10.9. The fourth-order valence-electron chi connectivity index (χ4n) is 2.05. The van der Waals surface area contributed by atoms with Crippen LogP contribution in [-0.2, 0) is 0 Å². The van der Waals surface area contributed by atoms with E-state index in [9.17, 15) is 4.39 Å². The number of rotatable bonds is 2. The number of ether oxygens (including phenoxy) is 1.